The van der Waals surface area contributed by atoms with Crippen LogP contribution in [0.4, 0.5) is 11.4 Å². The van der Waals surface area contributed by atoms with Crippen molar-refractivity contribution in [2.45, 2.75) is 12.6 Å². The first kappa shape index (κ1) is 19.4. The maximum Gasteiger partial charge on any atom is 0.253 e. The molecule has 0 bridgehead atoms. The molecular weight excluding hydrogens is 342 g/mol. The van der Waals surface area contributed by atoms with Crippen molar-refractivity contribution in [3.63, 3.8) is 0 Å². The Morgan fingerprint density at radius 1 is 1.19 bits per heavy atom. The van der Waals surface area contributed by atoms with Gasteiger partial charge in [0, 0.05) is 37.6 Å². The van der Waals surface area contributed by atoms with Crippen LogP contribution in [0.1, 0.15) is 5.56 Å². The minimum Gasteiger partial charge on any atom is -0.390 e. The lowest BCUT2D eigenvalue weighted by molar-refractivity contribution is -0.125. The average Bonchev–Trinajstić information content (AvgIpc) is 2.69. The van der Waals surface area contributed by atoms with Gasteiger partial charge in [-0.05, 0) is 36.9 Å². The van der Waals surface area contributed by atoms with Crippen LogP contribution in [0.3, 0.4) is 0 Å². The molecule has 1 aliphatic heterocycles. The van der Waals surface area contributed by atoms with Gasteiger partial charge in [0.1, 0.15) is 6.61 Å². The molecule has 2 N–H and O–H groups in total. The first-order chi connectivity index (χ1) is 13.2. The van der Waals surface area contributed by atoms with Crippen molar-refractivity contribution in [3.8, 4) is 0 Å². The molecule has 6 nitrogen and oxygen atoms in total. The van der Waals surface area contributed by atoms with Gasteiger partial charge in [0.15, 0.2) is 0 Å². The zero-order chi connectivity index (χ0) is 19.1. The maximum absolute atomic E-state index is 12.0. The lowest BCUT2D eigenvalue weighted by Crippen LogP contribution is -2.41. The van der Waals surface area contributed by atoms with E-state index in [2.05, 4.69) is 22.3 Å². The summed E-state index contributed by atoms with van der Waals surface area (Å²) in [5, 5.41) is 13.3. The van der Waals surface area contributed by atoms with Gasteiger partial charge in [-0.1, -0.05) is 30.3 Å². The Kier molecular flexibility index (Phi) is 6.81. The Balaban J connectivity index is 1.77. The molecule has 1 aliphatic rings. The molecule has 6 heteroatoms. The molecule has 144 valence electrons. The number of carbonyl (C=O) groups is 1. The van der Waals surface area contributed by atoms with Gasteiger partial charge in [-0.3, -0.25) is 4.79 Å². The summed E-state index contributed by atoms with van der Waals surface area (Å²) >= 11 is 0. The summed E-state index contributed by atoms with van der Waals surface area (Å²) in [6, 6.07) is 18.1. The third kappa shape index (κ3) is 5.29. The predicted octanol–water partition coefficient (Wildman–Crippen LogP) is 1.64. The molecule has 1 fully saturated rings. The van der Waals surface area contributed by atoms with Gasteiger partial charge in [-0.15, -0.1) is 0 Å². The molecule has 0 radical (unpaired) electrons. The number of likely N-dealkylation sites (N-methyl/N-ethyl adjacent to an activating group) is 1. The molecule has 1 heterocycles. The van der Waals surface area contributed by atoms with E-state index in [0.717, 1.165) is 11.4 Å². The van der Waals surface area contributed by atoms with Crippen LogP contribution in [0, 0.1) is 0 Å². The smallest absolute Gasteiger partial charge is 0.253 e. The van der Waals surface area contributed by atoms with Crippen LogP contribution in [0.2, 0.25) is 0 Å². The summed E-state index contributed by atoms with van der Waals surface area (Å²) in [5.41, 5.74) is 3.07. The highest BCUT2D eigenvalue weighted by Crippen LogP contribution is 2.23. The summed E-state index contributed by atoms with van der Waals surface area (Å²) in [6.07, 6.45) is -0.473. The minimum absolute atomic E-state index is 0.0143. The number of carbonyl (C=O) groups excluding carboxylic acids is 1. The highest BCUT2D eigenvalue weighted by atomic mass is 16.5. The number of morpholine rings is 1. The first-order valence-corrected chi connectivity index (χ1v) is 9.27. The molecule has 0 unspecified atom stereocenters. The zero-order valence-electron chi connectivity index (χ0n) is 15.7. The lowest BCUT2D eigenvalue weighted by Gasteiger charge is -2.29. The second-order valence-corrected chi connectivity index (χ2v) is 6.69. The molecule has 27 heavy (non-hydrogen) atoms. The van der Waals surface area contributed by atoms with E-state index >= 15 is 0 Å². The van der Waals surface area contributed by atoms with Gasteiger partial charge < -0.3 is 25.0 Å². The molecular formula is C21H27N3O3. The molecule has 0 aliphatic carbocycles. The Morgan fingerprint density at radius 3 is 2.59 bits per heavy atom. The van der Waals surface area contributed by atoms with E-state index < -0.39 is 6.10 Å². The van der Waals surface area contributed by atoms with Crippen LogP contribution in [-0.4, -0.2) is 57.0 Å². The number of nitrogens with zero attached hydrogens (tertiary/aromatic N) is 2. The Labute approximate surface area is 160 Å². The Hall–Kier alpha value is -2.41. The van der Waals surface area contributed by atoms with Crippen LogP contribution in [0.15, 0.2) is 54.6 Å². The van der Waals surface area contributed by atoms with Crippen LogP contribution < -0.4 is 15.1 Å². The number of amides is 1. The fraction of sp³-hybridized carbons (Fsp3) is 0.381. The zero-order valence-corrected chi connectivity index (χ0v) is 15.7. The second kappa shape index (κ2) is 9.50. The quantitative estimate of drug-likeness (QED) is 0.741. The standard InChI is InChI=1S/C21H27N3O3/c1-22-13-20(25)15-23(14-17-5-3-2-4-6-17)18-7-9-19(10-8-18)24-11-12-27-16-21(24)26/h2-10,20,22,25H,11-16H2,1H3/t20-/m0/s1. The topological polar surface area (TPSA) is 65.0 Å². The van der Waals surface area contributed by atoms with E-state index in [-0.39, 0.29) is 12.5 Å². The predicted molar refractivity (Wildman–Crippen MR) is 107 cm³/mol. The number of benzene rings is 2. The molecule has 0 aromatic heterocycles. The Morgan fingerprint density at radius 2 is 1.93 bits per heavy atom. The fourth-order valence-corrected chi connectivity index (χ4v) is 3.25. The van der Waals surface area contributed by atoms with Crippen LogP contribution in [0.5, 0.6) is 0 Å². The second-order valence-electron chi connectivity index (χ2n) is 6.69. The van der Waals surface area contributed by atoms with E-state index in [1.165, 1.54) is 5.56 Å². The molecule has 0 saturated carbocycles. The molecule has 1 amide bonds. The van der Waals surface area contributed by atoms with Crippen LogP contribution >= 0.6 is 0 Å². The van der Waals surface area contributed by atoms with E-state index in [9.17, 15) is 9.90 Å². The number of nitrogens with one attached hydrogen (secondary N) is 1. The van der Waals surface area contributed by atoms with Gasteiger partial charge in [-0.2, -0.15) is 0 Å². The van der Waals surface area contributed by atoms with Gasteiger partial charge >= 0.3 is 0 Å². The van der Waals surface area contributed by atoms with Crippen LogP contribution in [-0.2, 0) is 16.1 Å². The summed E-state index contributed by atoms with van der Waals surface area (Å²) in [4.78, 5) is 15.9. The summed E-state index contributed by atoms with van der Waals surface area (Å²) < 4.78 is 5.20. The summed E-state index contributed by atoms with van der Waals surface area (Å²) in [7, 11) is 1.83. The molecule has 3 rings (SSSR count). The molecule has 2 aromatic carbocycles. The number of hydrogen-bond donors (Lipinski definition) is 2. The minimum atomic E-state index is -0.473. The molecule has 1 atom stereocenters. The first-order valence-electron chi connectivity index (χ1n) is 9.27. The summed E-state index contributed by atoms with van der Waals surface area (Å²) in [6.45, 7) is 3.03. The normalized spacial score (nSPS) is 15.6. The largest absolute Gasteiger partial charge is 0.390 e. The van der Waals surface area contributed by atoms with E-state index in [0.29, 0.717) is 32.8 Å². The van der Waals surface area contributed by atoms with Gasteiger partial charge in [0.2, 0.25) is 0 Å². The molecule has 0 spiro atoms. The number of rotatable bonds is 8. The monoisotopic (exact) mass is 369 g/mol. The highest BCUT2D eigenvalue weighted by molar-refractivity contribution is 5.95. The van der Waals surface area contributed by atoms with E-state index in [4.69, 9.17) is 4.74 Å². The number of anilines is 2. The SMILES string of the molecule is CNC[C@H](O)CN(Cc1ccccc1)c1ccc(N2CCOCC2=O)cc1. The van der Waals surface area contributed by atoms with E-state index in [1.807, 2.05) is 49.5 Å². The Bertz CT molecular complexity index is 721. The third-order valence-electron chi connectivity index (χ3n) is 4.60. The summed E-state index contributed by atoms with van der Waals surface area (Å²) in [5.74, 6) is -0.0143. The highest BCUT2D eigenvalue weighted by Gasteiger charge is 2.20. The number of ether oxygens (including phenoxy) is 1. The van der Waals surface area contributed by atoms with Gasteiger partial charge in [0.05, 0.1) is 12.7 Å². The van der Waals surface area contributed by atoms with Crippen molar-refractivity contribution in [1.29, 1.82) is 0 Å². The van der Waals surface area contributed by atoms with Crippen molar-refractivity contribution in [3.05, 3.63) is 60.2 Å². The van der Waals surface area contributed by atoms with Crippen molar-refractivity contribution in [1.82, 2.24) is 5.32 Å². The van der Waals surface area contributed by atoms with Gasteiger partial charge in [0.25, 0.3) is 5.91 Å². The third-order valence-corrected chi connectivity index (χ3v) is 4.60. The van der Waals surface area contributed by atoms with Crippen molar-refractivity contribution in [2.24, 2.45) is 0 Å². The maximum atomic E-state index is 12.0. The number of aliphatic hydroxyl groups is 1. The van der Waals surface area contributed by atoms with Gasteiger partial charge in [-0.25, -0.2) is 0 Å². The van der Waals surface area contributed by atoms with Crippen molar-refractivity contribution >= 4 is 17.3 Å². The number of aliphatic hydroxyl groups excluding tert-OH is 1. The number of hydrogen-bond acceptors (Lipinski definition) is 5. The average molecular weight is 369 g/mol. The fourth-order valence-electron chi connectivity index (χ4n) is 3.25. The lowest BCUT2D eigenvalue weighted by atomic mass is 10.1. The molecule has 2 aromatic rings. The van der Waals surface area contributed by atoms with E-state index in [1.54, 1.807) is 4.90 Å². The van der Waals surface area contributed by atoms with Crippen molar-refractivity contribution in [2.75, 3.05) is 49.7 Å². The van der Waals surface area contributed by atoms with Crippen molar-refractivity contribution < 1.29 is 14.6 Å². The molecule has 1 saturated heterocycles. The van der Waals surface area contributed by atoms with Crippen LogP contribution in [0.25, 0.3) is 0 Å².